The molecule has 1 heterocycles. The Labute approximate surface area is 120 Å². The number of ether oxygens (including phenoxy) is 1. The van der Waals surface area contributed by atoms with Gasteiger partial charge in [0.1, 0.15) is 5.75 Å². The Morgan fingerprint density at radius 1 is 1.45 bits per heavy atom. The largest absolute Gasteiger partial charge is 0.494 e. The Balaban J connectivity index is 1.93. The van der Waals surface area contributed by atoms with Gasteiger partial charge in [0.05, 0.1) is 18.6 Å². The van der Waals surface area contributed by atoms with E-state index in [0.29, 0.717) is 6.61 Å². The van der Waals surface area contributed by atoms with Gasteiger partial charge in [0.15, 0.2) is 0 Å². The van der Waals surface area contributed by atoms with Crippen LogP contribution < -0.4 is 15.4 Å². The fourth-order valence-electron chi connectivity index (χ4n) is 2.64. The molecule has 2 rings (SSSR count). The molecule has 0 bridgehead atoms. The third-order valence-electron chi connectivity index (χ3n) is 3.91. The maximum Gasteiger partial charge on any atom is 0.225 e. The molecule has 2 N–H and O–H groups in total. The molecule has 0 aliphatic carbocycles. The number of nitrogens with one attached hydrogen (secondary N) is 2. The zero-order valence-corrected chi connectivity index (χ0v) is 12.5. The molecule has 0 radical (unpaired) electrons. The van der Waals surface area contributed by atoms with E-state index in [0.717, 1.165) is 24.3 Å². The average Bonchev–Trinajstić information content (AvgIpc) is 2.86. The quantitative estimate of drug-likeness (QED) is 0.867. The minimum atomic E-state index is 0.0194. The lowest BCUT2D eigenvalue weighted by molar-refractivity contribution is -0.125. The molecule has 4 nitrogen and oxygen atoms in total. The van der Waals surface area contributed by atoms with Gasteiger partial charge in [-0.1, -0.05) is 12.1 Å². The molecule has 3 atom stereocenters. The van der Waals surface area contributed by atoms with Gasteiger partial charge in [0.25, 0.3) is 0 Å². The Kier molecular flexibility index (Phi) is 5.01. The number of carbonyl (C=O) groups is 1. The van der Waals surface area contributed by atoms with E-state index in [1.807, 2.05) is 38.1 Å². The molecule has 1 amide bonds. The number of hydrogen-bond donors (Lipinski definition) is 2. The normalized spacial score (nSPS) is 23.4. The number of rotatable bonds is 5. The van der Waals surface area contributed by atoms with Gasteiger partial charge in [-0.25, -0.2) is 0 Å². The average molecular weight is 276 g/mol. The van der Waals surface area contributed by atoms with Crippen molar-refractivity contribution in [2.45, 2.75) is 39.3 Å². The second-order valence-corrected chi connectivity index (χ2v) is 5.37. The molecule has 1 aromatic carbocycles. The first kappa shape index (κ1) is 14.9. The summed E-state index contributed by atoms with van der Waals surface area (Å²) in [7, 11) is 0. The maximum absolute atomic E-state index is 12.2. The molecule has 1 aliphatic rings. The topological polar surface area (TPSA) is 50.4 Å². The zero-order chi connectivity index (χ0) is 14.5. The standard InChI is InChI=1S/C16H24N2O2/c1-4-20-14-7-5-13(6-8-14)11(2)18-16(19)15-9-10-17-12(15)3/h5-8,11-12,15,17H,4,9-10H2,1-3H3,(H,18,19). The Morgan fingerprint density at radius 3 is 2.70 bits per heavy atom. The first-order valence-corrected chi connectivity index (χ1v) is 7.38. The molecule has 20 heavy (non-hydrogen) atoms. The van der Waals surface area contributed by atoms with Gasteiger partial charge < -0.3 is 15.4 Å². The van der Waals surface area contributed by atoms with Crippen LogP contribution in [0.15, 0.2) is 24.3 Å². The van der Waals surface area contributed by atoms with Crippen molar-refractivity contribution in [1.82, 2.24) is 10.6 Å². The van der Waals surface area contributed by atoms with Crippen molar-refractivity contribution in [2.24, 2.45) is 5.92 Å². The molecule has 0 aromatic heterocycles. The highest BCUT2D eigenvalue weighted by Crippen LogP contribution is 2.20. The SMILES string of the molecule is CCOc1ccc(C(C)NC(=O)C2CCNC2C)cc1. The van der Waals surface area contributed by atoms with Crippen LogP contribution >= 0.6 is 0 Å². The molecule has 4 heteroatoms. The third-order valence-corrected chi connectivity index (χ3v) is 3.91. The van der Waals surface area contributed by atoms with E-state index in [1.54, 1.807) is 0 Å². The van der Waals surface area contributed by atoms with Crippen molar-refractivity contribution in [3.05, 3.63) is 29.8 Å². The number of carbonyl (C=O) groups excluding carboxylic acids is 1. The molecule has 1 aliphatic heterocycles. The summed E-state index contributed by atoms with van der Waals surface area (Å²) >= 11 is 0. The van der Waals surface area contributed by atoms with E-state index >= 15 is 0 Å². The van der Waals surface area contributed by atoms with Gasteiger partial charge in [0, 0.05) is 6.04 Å². The maximum atomic E-state index is 12.2. The van der Waals surface area contributed by atoms with Gasteiger partial charge >= 0.3 is 0 Å². The third kappa shape index (κ3) is 3.51. The van der Waals surface area contributed by atoms with E-state index in [1.165, 1.54) is 0 Å². The minimum Gasteiger partial charge on any atom is -0.494 e. The lowest BCUT2D eigenvalue weighted by atomic mass is 10.00. The first-order chi connectivity index (χ1) is 9.61. The van der Waals surface area contributed by atoms with Crippen molar-refractivity contribution in [3.8, 4) is 5.75 Å². The van der Waals surface area contributed by atoms with Crippen LogP contribution in [0.4, 0.5) is 0 Å². The van der Waals surface area contributed by atoms with E-state index in [2.05, 4.69) is 17.6 Å². The first-order valence-electron chi connectivity index (χ1n) is 7.38. The fraction of sp³-hybridized carbons (Fsp3) is 0.562. The highest BCUT2D eigenvalue weighted by molar-refractivity contribution is 5.80. The van der Waals surface area contributed by atoms with Gasteiger partial charge in [-0.2, -0.15) is 0 Å². The summed E-state index contributed by atoms with van der Waals surface area (Å²) in [4.78, 5) is 12.2. The molecule has 1 aromatic rings. The Hall–Kier alpha value is -1.55. The van der Waals surface area contributed by atoms with Crippen LogP contribution in [0.5, 0.6) is 5.75 Å². The molecule has 3 unspecified atom stereocenters. The molecule has 0 saturated carbocycles. The van der Waals surface area contributed by atoms with Crippen molar-refractivity contribution >= 4 is 5.91 Å². The summed E-state index contributed by atoms with van der Waals surface area (Å²) in [5, 5.41) is 6.41. The van der Waals surface area contributed by atoms with Crippen LogP contribution in [-0.2, 0) is 4.79 Å². The summed E-state index contributed by atoms with van der Waals surface area (Å²) in [5.41, 5.74) is 1.10. The van der Waals surface area contributed by atoms with Gasteiger partial charge in [-0.15, -0.1) is 0 Å². The summed E-state index contributed by atoms with van der Waals surface area (Å²) in [6.07, 6.45) is 0.920. The van der Waals surface area contributed by atoms with Crippen molar-refractivity contribution < 1.29 is 9.53 Å². The smallest absolute Gasteiger partial charge is 0.225 e. The van der Waals surface area contributed by atoms with Gasteiger partial charge in [0.2, 0.25) is 5.91 Å². The summed E-state index contributed by atoms with van der Waals surface area (Å²) in [5.74, 6) is 1.09. The number of hydrogen-bond acceptors (Lipinski definition) is 3. The predicted molar refractivity (Wildman–Crippen MR) is 79.7 cm³/mol. The number of amides is 1. The van der Waals surface area contributed by atoms with Gasteiger partial charge in [-0.05, 0) is 51.4 Å². The summed E-state index contributed by atoms with van der Waals surface area (Å²) in [6.45, 7) is 7.64. The van der Waals surface area contributed by atoms with Crippen LogP contribution in [0.1, 0.15) is 38.8 Å². The Morgan fingerprint density at radius 2 is 2.15 bits per heavy atom. The lowest BCUT2D eigenvalue weighted by Gasteiger charge is -2.20. The molecular weight excluding hydrogens is 252 g/mol. The van der Waals surface area contributed by atoms with Crippen molar-refractivity contribution in [2.75, 3.05) is 13.2 Å². The lowest BCUT2D eigenvalue weighted by Crippen LogP contribution is -2.37. The summed E-state index contributed by atoms with van der Waals surface area (Å²) in [6, 6.07) is 8.19. The molecule has 0 spiro atoms. The van der Waals surface area contributed by atoms with Crippen LogP contribution in [0, 0.1) is 5.92 Å². The predicted octanol–water partition coefficient (Wildman–Crippen LogP) is 2.26. The van der Waals surface area contributed by atoms with Crippen LogP contribution in [0.25, 0.3) is 0 Å². The van der Waals surface area contributed by atoms with Crippen LogP contribution in [-0.4, -0.2) is 25.1 Å². The van der Waals surface area contributed by atoms with E-state index in [-0.39, 0.29) is 23.9 Å². The van der Waals surface area contributed by atoms with Crippen molar-refractivity contribution in [1.29, 1.82) is 0 Å². The van der Waals surface area contributed by atoms with Crippen molar-refractivity contribution in [3.63, 3.8) is 0 Å². The summed E-state index contributed by atoms with van der Waals surface area (Å²) < 4.78 is 5.42. The molecule has 110 valence electrons. The highest BCUT2D eigenvalue weighted by atomic mass is 16.5. The Bertz CT molecular complexity index is 444. The monoisotopic (exact) mass is 276 g/mol. The van der Waals surface area contributed by atoms with E-state index < -0.39 is 0 Å². The second-order valence-electron chi connectivity index (χ2n) is 5.37. The second kappa shape index (κ2) is 6.75. The zero-order valence-electron chi connectivity index (χ0n) is 12.5. The molecule has 1 saturated heterocycles. The highest BCUT2D eigenvalue weighted by Gasteiger charge is 2.29. The minimum absolute atomic E-state index is 0.0194. The fourth-order valence-corrected chi connectivity index (χ4v) is 2.64. The molecule has 1 fully saturated rings. The van der Waals surface area contributed by atoms with Crippen LogP contribution in [0.3, 0.4) is 0 Å². The van der Waals surface area contributed by atoms with E-state index in [9.17, 15) is 4.79 Å². The van der Waals surface area contributed by atoms with E-state index in [4.69, 9.17) is 4.74 Å². The molecular formula is C16H24N2O2. The van der Waals surface area contributed by atoms with Crippen LogP contribution in [0.2, 0.25) is 0 Å². The number of benzene rings is 1. The van der Waals surface area contributed by atoms with Gasteiger partial charge in [-0.3, -0.25) is 4.79 Å².